The fourth-order valence-electron chi connectivity index (χ4n) is 2.03. The third-order valence-electron chi connectivity index (χ3n) is 3.03. The molecule has 0 fully saturated rings. The van der Waals surface area contributed by atoms with Crippen molar-refractivity contribution >= 4 is 23.2 Å². The number of hydrogen-bond donors (Lipinski definition) is 1. The van der Waals surface area contributed by atoms with E-state index in [1.54, 1.807) is 31.4 Å². The van der Waals surface area contributed by atoms with Gasteiger partial charge in [0.1, 0.15) is 11.6 Å². The molecule has 2 aromatic carbocycles. The fourth-order valence-corrected chi connectivity index (χ4v) is 2.32. The van der Waals surface area contributed by atoms with Crippen LogP contribution in [0, 0.1) is 5.82 Å². The summed E-state index contributed by atoms with van der Waals surface area (Å²) in [5.74, 6) is 0.214. The summed E-state index contributed by atoms with van der Waals surface area (Å²) in [4.78, 5) is 0. The van der Waals surface area contributed by atoms with Crippen molar-refractivity contribution in [2.24, 2.45) is 5.73 Å². The summed E-state index contributed by atoms with van der Waals surface area (Å²) in [6, 6.07) is 9.58. The minimum Gasteiger partial charge on any atom is -0.496 e. The molecule has 1 unspecified atom stereocenters. The van der Waals surface area contributed by atoms with E-state index in [4.69, 9.17) is 33.7 Å². The average Bonchev–Trinajstić information content (AvgIpc) is 2.43. The average molecular weight is 314 g/mol. The highest BCUT2D eigenvalue weighted by Crippen LogP contribution is 2.29. The minimum atomic E-state index is -0.450. The van der Waals surface area contributed by atoms with Gasteiger partial charge >= 0.3 is 0 Å². The standard InChI is InChI=1S/C15H14Cl2FNO/c1-20-15-5-3-10(16)8-11(15)14(19)7-9-2-4-12(17)13(18)6-9/h2-6,8,14H,7,19H2,1H3. The lowest BCUT2D eigenvalue weighted by Crippen LogP contribution is -2.14. The molecule has 2 N–H and O–H groups in total. The summed E-state index contributed by atoms with van der Waals surface area (Å²) < 4.78 is 18.7. The van der Waals surface area contributed by atoms with Gasteiger partial charge in [0.2, 0.25) is 0 Å². The zero-order valence-corrected chi connectivity index (χ0v) is 12.4. The molecular formula is C15H14Cl2FNO. The van der Waals surface area contributed by atoms with Gasteiger partial charge in [-0.15, -0.1) is 0 Å². The van der Waals surface area contributed by atoms with E-state index in [0.717, 1.165) is 11.1 Å². The van der Waals surface area contributed by atoms with E-state index in [0.29, 0.717) is 17.2 Å². The third-order valence-corrected chi connectivity index (χ3v) is 3.57. The molecule has 0 spiro atoms. The van der Waals surface area contributed by atoms with E-state index >= 15 is 0 Å². The molecule has 0 aliphatic heterocycles. The first-order valence-corrected chi connectivity index (χ1v) is 6.80. The van der Waals surface area contributed by atoms with Gasteiger partial charge in [0.25, 0.3) is 0 Å². The summed E-state index contributed by atoms with van der Waals surface area (Å²) in [5, 5.41) is 0.682. The van der Waals surface area contributed by atoms with E-state index in [1.807, 2.05) is 0 Å². The Morgan fingerprint density at radius 3 is 2.60 bits per heavy atom. The first kappa shape index (κ1) is 15.1. The molecule has 5 heteroatoms. The molecule has 0 bridgehead atoms. The normalized spacial score (nSPS) is 12.2. The van der Waals surface area contributed by atoms with Crippen molar-refractivity contribution in [2.45, 2.75) is 12.5 Å². The predicted molar refractivity (Wildman–Crippen MR) is 80.0 cm³/mol. The summed E-state index contributed by atoms with van der Waals surface area (Å²) >= 11 is 11.6. The molecule has 0 radical (unpaired) electrons. The Morgan fingerprint density at radius 2 is 1.95 bits per heavy atom. The van der Waals surface area contributed by atoms with E-state index in [9.17, 15) is 4.39 Å². The van der Waals surface area contributed by atoms with Crippen LogP contribution in [0.5, 0.6) is 5.75 Å². The molecule has 0 aromatic heterocycles. The van der Waals surface area contributed by atoms with E-state index in [2.05, 4.69) is 0 Å². The Bertz CT molecular complexity index is 619. The van der Waals surface area contributed by atoms with Crippen LogP contribution in [0.3, 0.4) is 0 Å². The van der Waals surface area contributed by atoms with Crippen molar-refractivity contribution in [3.8, 4) is 5.75 Å². The maximum atomic E-state index is 13.4. The van der Waals surface area contributed by atoms with Crippen LogP contribution in [0.15, 0.2) is 36.4 Å². The lowest BCUT2D eigenvalue weighted by molar-refractivity contribution is 0.405. The summed E-state index contributed by atoms with van der Waals surface area (Å²) in [6.07, 6.45) is 0.463. The summed E-state index contributed by atoms with van der Waals surface area (Å²) in [5.41, 5.74) is 7.72. The Morgan fingerprint density at radius 1 is 1.20 bits per heavy atom. The van der Waals surface area contributed by atoms with Crippen LogP contribution in [0.4, 0.5) is 4.39 Å². The van der Waals surface area contributed by atoms with Crippen molar-refractivity contribution in [1.82, 2.24) is 0 Å². The Hall–Kier alpha value is -1.29. The second kappa shape index (κ2) is 6.44. The lowest BCUT2D eigenvalue weighted by atomic mass is 9.99. The molecule has 0 amide bonds. The zero-order valence-electron chi connectivity index (χ0n) is 10.9. The van der Waals surface area contributed by atoms with Gasteiger partial charge in [0.05, 0.1) is 12.1 Å². The van der Waals surface area contributed by atoms with Gasteiger partial charge in [0, 0.05) is 16.6 Å². The Labute approximate surface area is 127 Å². The Balaban J connectivity index is 2.25. The second-order valence-corrected chi connectivity index (χ2v) is 5.29. The molecule has 0 aliphatic carbocycles. The SMILES string of the molecule is COc1ccc(Cl)cc1C(N)Cc1ccc(Cl)c(F)c1. The molecule has 0 heterocycles. The molecule has 1 atom stereocenters. The first-order chi connectivity index (χ1) is 9.51. The number of ether oxygens (including phenoxy) is 1. The number of methoxy groups -OCH3 is 1. The highest BCUT2D eigenvalue weighted by Gasteiger charge is 2.14. The highest BCUT2D eigenvalue weighted by atomic mass is 35.5. The topological polar surface area (TPSA) is 35.2 Å². The van der Waals surface area contributed by atoms with Crippen molar-refractivity contribution in [2.75, 3.05) is 7.11 Å². The zero-order chi connectivity index (χ0) is 14.7. The molecule has 0 saturated heterocycles. The predicted octanol–water partition coefficient (Wildman–Crippen LogP) is 4.38. The molecule has 0 aliphatic rings. The molecule has 2 aromatic rings. The van der Waals surface area contributed by atoms with Crippen LogP contribution >= 0.6 is 23.2 Å². The van der Waals surface area contributed by atoms with Gasteiger partial charge < -0.3 is 10.5 Å². The van der Waals surface area contributed by atoms with Crippen LogP contribution < -0.4 is 10.5 Å². The largest absolute Gasteiger partial charge is 0.496 e. The van der Waals surface area contributed by atoms with Gasteiger partial charge in [-0.25, -0.2) is 4.39 Å². The maximum absolute atomic E-state index is 13.4. The molecule has 2 nitrogen and oxygen atoms in total. The third kappa shape index (κ3) is 3.42. The van der Waals surface area contributed by atoms with Crippen LogP contribution in [0.25, 0.3) is 0 Å². The quantitative estimate of drug-likeness (QED) is 0.909. The molecule has 2 rings (SSSR count). The minimum absolute atomic E-state index is 0.0997. The second-order valence-electron chi connectivity index (χ2n) is 4.45. The fraction of sp³-hybridized carbons (Fsp3) is 0.200. The van der Waals surface area contributed by atoms with Crippen molar-refractivity contribution in [3.05, 3.63) is 63.4 Å². The van der Waals surface area contributed by atoms with Gasteiger partial charge in [-0.3, -0.25) is 0 Å². The van der Waals surface area contributed by atoms with Gasteiger partial charge in [-0.05, 0) is 42.3 Å². The van der Waals surface area contributed by atoms with Crippen molar-refractivity contribution < 1.29 is 9.13 Å². The number of nitrogens with two attached hydrogens (primary N) is 1. The molecular weight excluding hydrogens is 300 g/mol. The molecule has 0 saturated carbocycles. The number of hydrogen-bond acceptors (Lipinski definition) is 2. The molecule has 106 valence electrons. The van der Waals surface area contributed by atoms with Crippen molar-refractivity contribution in [3.63, 3.8) is 0 Å². The highest BCUT2D eigenvalue weighted by molar-refractivity contribution is 6.31. The van der Waals surface area contributed by atoms with E-state index in [-0.39, 0.29) is 11.1 Å². The van der Waals surface area contributed by atoms with Crippen LogP contribution in [-0.2, 0) is 6.42 Å². The van der Waals surface area contributed by atoms with Crippen LogP contribution in [0.2, 0.25) is 10.0 Å². The first-order valence-electron chi connectivity index (χ1n) is 6.04. The Kier molecular flexibility index (Phi) is 4.86. The molecule has 20 heavy (non-hydrogen) atoms. The maximum Gasteiger partial charge on any atom is 0.142 e. The van der Waals surface area contributed by atoms with Crippen molar-refractivity contribution in [1.29, 1.82) is 0 Å². The summed E-state index contributed by atoms with van der Waals surface area (Å²) in [7, 11) is 1.57. The van der Waals surface area contributed by atoms with E-state index < -0.39 is 5.82 Å². The van der Waals surface area contributed by atoms with E-state index in [1.165, 1.54) is 12.1 Å². The van der Waals surface area contributed by atoms with Gasteiger partial charge in [0.15, 0.2) is 0 Å². The van der Waals surface area contributed by atoms with Gasteiger partial charge in [-0.1, -0.05) is 29.3 Å². The lowest BCUT2D eigenvalue weighted by Gasteiger charge is -2.16. The van der Waals surface area contributed by atoms with Crippen LogP contribution in [-0.4, -0.2) is 7.11 Å². The number of benzene rings is 2. The smallest absolute Gasteiger partial charge is 0.142 e. The number of rotatable bonds is 4. The number of halogens is 3. The van der Waals surface area contributed by atoms with Crippen LogP contribution in [0.1, 0.15) is 17.2 Å². The van der Waals surface area contributed by atoms with Gasteiger partial charge in [-0.2, -0.15) is 0 Å². The summed E-state index contributed by atoms with van der Waals surface area (Å²) in [6.45, 7) is 0. The monoisotopic (exact) mass is 313 g/mol.